The highest BCUT2D eigenvalue weighted by Gasteiger charge is 2.16. The Morgan fingerprint density at radius 2 is 2.42 bits per heavy atom. The molecule has 1 fully saturated rings. The summed E-state index contributed by atoms with van der Waals surface area (Å²) in [6, 6.07) is 0.387. The maximum atomic E-state index is 11.0. The van der Waals surface area contributed by atoms with E-state index >= 15 is 0 Å². The minimum absolute atomic E-state index is 0.154. The first-order chi connectivity index (χ1) is 5.74. The van der Waals surface area contributed by atoms with E-state index in [4.69, 9.17) is 5.73 Å². The lowest BCUT2D eigenvalue weighted by atomic mass is 10.2. The molecular weight excluding hydrogens is 154 g/mol. The molecule has 1 aliphatic rings. The van der Waals surface area contributed by atoms with Crippen LogP contribution in [0.25, 0.3) is 0 Å². The molecule has 1 heterocycles. The summed E-state index contributed by atoms with van der Waals surface area (Å²) in [6.07, 6.45) is 0.602. The topological polar surface area (TPSA) is 58.4 Å². The van der Waals surface area contributed by atoms with Gasteiger partial charge < -0.3 is 11.1 Å². The predicted octanol–water partition coefficient (Wildman–Crippen LogP) is -0.844. The van der Waals surface area contributed by atoms with Gasteiger partial charge in [-0.2, -0.15) is 0 Å². The number of nitrogens with two attached hydrogens (primary N) is 1. The molecule has 1 atom stereocenters. The summed E-state index contributed by atoms with van der Waals surface area (Å²) in [4.78, 5) is 13.2. The summed E-state index contributed by atoms with van der Waals surface area (Å²) in [5, 5.41) is 2.83. The van der Waals surface area contributed by atoms with Gasteiger partial charge in [-0.3, -0.25) is 9.69 Å². The molecule has 1 aliphatic heterocycles. The minimum Gasteiger partial charge on any atom is -0.355 e. The van der Waals surface area contributed by atoms with Crippen LogP contribution in [-0.4, -0.2) is 43.0 Å². The number of hydrogen-bond donors (Lipinski definition) is 2. The summed E-state index contributed by atoms with van der Waals surface area (Å²) >= 11 is 0. The highest BCUT2D eigenvalue weighted by Crippen LogP contribution is 2.01. The molecule has 4 nitrogen and oxygen atoms in total. The van der Waals surface area contributed by atoms with E-state index in [1.54, 1.807) is 0 Å². The zero-order valence-electron chi connectivity index (χ0n) is 7.55. The fourth-order valence-electron chi connectivity index (χ4n) is 1.37. The van der Waals surface area contributed by atoms with Gasteiger partial charge in [0.25, 0.3) is 0 Å². The Hall–Kier alpha value is -0.610. The van der Waals surface area contributed by atoms with Gasteiger partial charge in [-0.05, 0) is 6.92 Å². The van der Waals surface area contributed by atoms with E-state index in [0.29, 0.717) is 19.0 Å². The molecule has 0 aromatic rings. The van der Waals surface area contributed by atoms with E-state index in [1.165, 1.54) is 0 Å². The Labute approximate surface area is 73.1 Å². The monoisotopic (exact) mass is 171 g/mol. The SMILES string of the molecule is CC(CN)N1CCNC(=O)CC1. The number of rotatable bonds is 2. The molecule has 1 rings (SSSR count). The highest BCUT2D eigenvalue weighted by atomic mass is 16.1. The molecule has 3 N–H and O–H groups in total. The molecule has 0 aromatic carbocycles. The maximum absolute atomic E-state index is 11.0. The number of nitrogens with zero attached hydrogens (tertiary/aromatic N) is 1. The maximum Gasteiger partial charge on any atom is 0.221 e. The second kappa shape index (κ2) is 4.42. The zero-order valence-corrected chi connectivity index (χ0v) is 7.55. The van der Waals surface area contributed by atoms with Gasteiger partial charge in [0.05, 0.1) is 0 Å². The quantitative estimate of drug-likeness (QED) is 0.569. The van der Waals surface area contributed by atoms with Crippen LogP contribution >= 0.6 is 0 Å². The Bertz CT molecular complexity index is 160. The van der Waals surface area contributed by atoms with Crippen LogP contribution in [0.2, 0.25) is 0 Å². The third kappa shape index (κ3) is 2.46. The summed E-state index contributed by atoms with van der Waals surface area (Å²) in [5.74, 6) is 0.154. The van der Waals surface area contributed by atoms with Crippen molar-refractivity contribution in [2.75, 3.05) is 26.2 Å². The van der Waals surface area contributed by atoms with Gasteiger partial charge in [-0.25, -0.2) is 0 Å². The van der Waals surface area contributed by atoms with Gasteiger partial charge in [-0.1, -0.05) is 0 Å². The van der Waals surface area contributed by atoms with Gasteiger partial charge in [0.1, 0.15) is 0 Å². The molecule has 0 saturated carbocycles. The number of carbonyl (C=O) groups excluding carboxylic acids is 1. The minimum atomic E-state index is 0.154. The van der Waals surface area contributed by atoms with Crippen LogP contribution in [0, 0.1) is 0 Å². The first-order valence-electron chi connectivity index (χ1n) is 4.45. The number of nitrogens with one attached hydrogen (secondary N) is 1. The van der Waals surface area contributed by atoms with Crippen LogP contribution in [0.5, 0.6) is 0 Å². The van der Waals surface area contributed by atoms with E-state index < -0.39 is 0 Å². The molecule has 1 saturated heterocycles. The zero-order chi connectivity index (χ0) is 8.97. The van der Waals surface area contributed by atoms with Crippen molar-refractivity contribution in [1.82, 2.24) is 10.2 Å². The van der Waals surface area contributed by atoms with Gasteiger partial charge >= 0.3 is 0 Å². The van der Waals surface area contributed by atoms with Gasteiger partial charge in [-0.15, -0.1) is 0 Å². The average molecular weight is 171 g/mol. The van der Waals surface area contributed by atoms with Crippen molar-refractivity contribution in [3.05, 3.63) is 0 Å². The third-order valence-electron chi connectivity index (χ3n) is 2.31. The largest absolute Gasteiger partial charge is 0.355 e. The van der Waals surface area contributed by atoms with E-state index in [0.717, 1.165) is 19.6 Å². The van der Waals surface area contributed by atoms with E-state index in [1.807, 2.05) is 0 Å². The molecule has 0 aliphatic carbocycles. The van der Waals surface area contributed by atoms with Crippen molar-refractivity contribution < 1.29 is 4.79 Å². The molecule has 0 aromatic heterocycles. The summed E-state index contributed by atoms with van der Waals surface area (Å²) in [6.45, 7) is 5.27. The summed E-state index contributed by atoms with van der Waals surface area (Å²) in [5.41, 5.74) is 5.54. The Morgan fingerprint density at radius 3 is 3.08 bits per heavy atom. The molecule has 1 unspecified atom stereocenters. The molecular formula is C8H17N3O. The molecule has 4 heteroatoms. The van der Waals surface area contributed by atoms with Crippen molar-refractivity contribution in [1.29, 1.82) is 0 Å². The van der Waals surface area contributed by atoms with Crippen LogP contribution in [0.15, 0.2) is 0 Å². The second-order valence-corrected chi connectivity index (χ2v) is 3.22. The fraction of sp³-hybridized carbons (Fsp3) is 0.875. The number of amides is 1. The van der Waals surface area contributed by atoms with Crippen molar-refractivity contribution in [2.24, 2.45) is 5.73 Å². The number of hydrogen-bond acceptors (Lipinski definition) is 3. The van der Waals surface area contributed by atoms with Crippen molar-refractivity contribution in [2.45, 2.75) is 19.4 Å². The third-order valence-corrected chi connectivity index (χ3v) is 2.31. The standard InChI is InChI=1S/C8H17N3O/c1-7(6-9)11-4-2-8(12)10-3-5-11/h7H,2-6,9H2,1H3,(H,10,12). The molecule has 1 amide bonds. The first-order valence-corrected chi connectivity index (χ1v) is 4.45. The summed E-state index contributed by atoms with van der Waals surface area (Å²) in [7, 11) is 0. The lowest BCUT2D eigenvalue weighted by Gasteiger charge is -2.25. The van der Waals surface area contributed by atoms with E-state index in [2.05, 4.69) is 17.1 Å². The van der Waals surface area contributed by atoms with Crippen LogP contribution in [0.3, 0.4) is 0 Å². The van der Waals surface area contributed by atoms with Gasteiger partial charge in [0.15, 0.2) is 0 Å². The lowest BCUT2D eigenvalue weighted by molar-refractivity contribution is -0.120. The Morgan fingerprint density at radius 1 is 1.67 bits per heavy atom. The van der Waals surface area contributed by atoms with Gasteiger partial charge in [0, 0.05) is 38.6 Å². The van der Waals surface area contributed by atoms with Crippen molar-refractivity contribution in [3.8, 4) is 0 Å². The van der Waals surface area contributed by atoms with E-state index in [-0.39, 0.29) is 5.91 Å². The van der Waals surface area contributed by atoms with Crippen molar-refractivity contribution in [3.63, 3.8) is 0 Å². The smallest absolute Gasteiger partial charge is 0.221 e. The normalized spacial score (nSPS) is 23.0. The Kier molecular flexibility index (Phi) is 3.49. The molecule has 12 heavy (non-hydrogen) atoms. The van der Waals surface area contributed by atoms with Crippen LogP contribution in [0.1, 0.15) is 13.3 Å². The van der Waals surface area contributed by atoms with Crippen LogP contribution in [-0.2, 0) is 4.79 Å². The number of carbonyl (C=O) groups is 1. The van der Waals surface area contributed by atoms with Crippen LogP contribution < -0.4 is 11.1 Å². The van der Waals surface area contributed by atoms with Crippen molar-refractivity contribution >= 4 is 5.91 Å². The van der Waals surface area contributed by atoms with Gasteiger partial charge in [0.2, 0.25) is 5.91 Å². The fourth-order valence-corrected chi connectivity index (χ4v) is 1.37. The highest BCUT2D eigenvalue weighted by molar-refractivity contribution is 5.76. The van der Waals surface area contributed by atoms with E-state index in [9.17, 15) is 4.79 Å². The molecule has 0 spiro atoms. The van der Waals surface area contributed by atoms with Crippen LogP contribution in [0.4, 0.5) is 0 Å². The second-order valence-electron chi connectivity index (χ2n) is 3.22. The Balaban J connectivity index is 2.40. The average Bonchev–Trinajstić information content (AvgIpc) is 2.29. The molecule has 0 bridgehead atoms. The molecule has 70 valence electrons. The summed E-state index contributed by atoms with van der Waals surface area (Å²) < 4.78 is 0. The lowest BCUT2D eigenvalue weighted by Crippen LogP contribution is -2.40. The predicted molar refractivity (Wildman–Crippen MR) is 47.7 cm³/mol. The molecule has 0 radical (unpaired) electrons. The first kappa shape index (κ1) is 9.48.